The Hall–Kier alpha value is -1.17. The van der Waals surface area contributed by atoms with Crippen molar-refractivity contribution < 1.29 is 8.42 Å². The van der Waals surface area contributed by atoms with E-state index < -0.39 is 9.84 Å². The summed E-state index contributed by atoms with van der Waals surface area (Å²) in [6.07, 6.45) is 2.57. The third-order valence-corrected chi connectivity index (χ3v) is 8.06. The minimum atomic E-state index is -3.11. The first kappa shape index (κ1) is 16.7. The highest BCUT2D eigenvalue weighted by molar-refractivity contribution is 7.93. The molecule has 124 valence electrons. The summed E-state index contributed by atoms with van der Waals surface area (Å²) in [4.78, 5) is 3.54. The minimum absolute atomic E-state index is 0.152. The summed E-state index contributed by atoms with van der Waals surface area (Å²) >= 11 is 1.37. The summed E-state index contributed by atoms with van der Waals surface area (Å²) < 4.78 is 24.5. The van der Waals surface area contributed by atoms with Crippen LogP contribution in [0.3, 0.4) is 0 Å². The first-order valence-corrected chi connectivity index (χ1v) is 10.6. The molecule has 0 radical (unpaired) electrons. The Bertz CT molecular complexity index is 774. The smallest absolute Gasteiger partial charge is 0.187 e. The molecule has 0 aliphatic carbocycles. The zero-order chi connectivity index (χ0) is 16.4. The lowest BCUT2D eigenvalue weighted by molar-refractivity contribution is 0.263. The SMILES string of the molecule is CCS(=O)(=O)c1ccc(-c2cccc([C@H](C)N3CCCC3)c2)s1. The molecule has 0 bridgehead atoms. The summed E-state index contributed by atoms with van der Waals surface area (Å²) in [5.41, 5.74) is 2.41. The standard InChI is InChI=1S/C18H23NO2S2/c1-3-23(20,21)18-10-9-17(22-18)16-8-6-7-15(13-16)14(2)19-11-4-5-12-19/h6-10,13-14H,3-5,11-12H2,1-2H3/t14-/m0/s1. The molecule has 5 heteroatoms. The van der Waals surface area contributed by atoms with E-state index in [1.165, 1.54) is 42.8 Å². The highest BCUT2D eigenvalue weighted by atomic mass is 32.2. The van der Waals surface area contributed by atoms with Crippen LogP contribution in [-0.2, 0) is 9.84 Å². The lowest BCUT2D eigenvalue weighted by Gasteiger charge is -2.24. The van der Waals surface area contributed by atoms with Crippen LogP contribution in [0.2, 0.25) is 0 Å². The van der Waals surface area contributed by atoms with Gasteiger partial charge in [0.05, 0.1) is 5.75 Å². The fourth-order valence-corrected chi connectivity index (χ4v) is 5.50. The van der Waals surface area contributed by atoms with Crippen LogP contribution in [0.5, 0.6) is 0 Å². The number of hydrogen-bond acceptors (Lipinski definition) is 4. The van der Waals surface area contributed by atoms with Gasteiger partial charge in [0.25, 0.3) is 0 Å². The van der Waals surface area contributed by atoms with Crippen LogP contribution in [-0.4, -0.2) is 32.2 Å². The van der Waals surface area contributed by atoms with Crippen LogP contribution in [0, 0.1) is 0 Å². The molecule has 1 aromatic carbocycles. The van der Waals surface area contributed by atoms with Crippen LogP contribution in [0.4, 0.5) is 0 Å². The monoisotopic (exact) mass is 349 g/mol. The van der Waals surface area contributed by atoms with Gasteiger partial charge in [-0.25, -0.2) is 8.42 Å². The molecule has 2 aromatic rings. The van der Waals surface area contributed by atoms with E-state index in [0.717, 1.165) is 10.4 Å². The van der Waals surface area contributed by atoms with Gasteiger partial charge in [-0.1, -0.05) is 25.1 Å². The molecule has 1 aliphatic heterocycles. The Balaban J connectivity index is 1.88. The van der Waals surface area contributed by atoms with Gasteiger partial charge in [-0.15, -0.1) is 11.3 Å². The maximum Gasteiger partial charge on any atom is 0.187 e. The Morgan fingerprint density at radius 2 is 1.91 bits per heavy atom. The average Bonchev–Trinajstić information content (AvgIpc) is 3.26. The van der Waals surface area contributed by atoms with Gasteiger partial charge in [0.1, 0.15) is 4.21 Å². The molecule has 3 rings (SSSR count). The molecule has 1 fully saturated rings. The van der Waals surface area contributed by atoms with Gasteiger partial charge in [-0.2, -0.15) is 0 Å². The quantitative estimate of drug-likeness (QED) is 0.804. The molecule has 0 spiro atoms. The van der Waals surface area contributed by atoms with E-state index in [0.29, 0.717) is 10.3 Å². The third-order valence-electron chi connectivity index (χ3n) is 4.61. The molecule has 0 saturated carbocycles. The summed E-state index contributed by atoms with van der Waals surface area (Å²) in [5.74, 6) is 0.152. The first-order chi connectivity index (χ1) is 11.0. The van der Waals surface area contributed by atoms with Crippen LogP contribution >= 0.6 is 11.3 Å². The fraction of sp³-hybridized carbons (Fsp3) is 0.444. The number of thiophene rings is 1. The molecule has 3 nitrogen and oxygen atoms in total. The van der Waals surface area contributed by atoms with Crippen LogP contribution in [0.25, 0.3) is 10.4 Å². The van der Waals surface area contributed by atoms with Crippen molar-refractivity contribution in [3.8, 4) is 10.4 Å². The zero-order valence-electron chi connectivity index (χ0n) is 13.7. The van der Waals surface area contributed by atoms with Crippen molar-refractivity contribution in [2.45, 2.75) is 36.9 Å². The molecule has 1 aliphatic rings. The van der Waals surface area contributed by atoms with Gasteiger partial charge in [-0.05, 0) is 62.2 Å². The van der Waals surface area contributed by atoms with Crippen molar-refractivity contribution >= 4 is 21.2 Å². The second-order valence-corrected chi connectivity index (χ2v) is 9.66. The Morgan fingerprint density at radius 3 is 2.61 bits per heavy atom. The van der Waals surface area contributed by atoms with Crippen molar-refractivity contribution in [2.75, 3.05) is 18.8 Å². The van der Waals surface area contributed by atoms with Gasteiger partial charge in [0.15, 0.2) is 9.84 Å². The van der Waals surface area contributed by atoms with Crippen LogP contribution in [0.15, 0.2) is 40.6 Å². The van der Waals surface area contributed by atoms with Crippen molar-refractivity contribution in [3.63, 3.8) is 0 Å². The predicted octanol–water partition coefficient (Wildman–Crippen LogP) is 4.37. The number of rotatable bonds is 5. The minimum Gasteiger partial charge on any atom is -0.297 e. The van der Waals surface area contributed by atoms with Gasteiger partial charge in [-0.3, -0.25) is 4.90 Å². The van der Waals surface area contributed by atoms with Crippen molar-refractivity contribution in [3.05, 3.63) is 42.0 Å². The van der Waals surface area contributed by atoms with Crippen molar-refractivity contribution in [2.24, 2.45) is 0 Å². The predicted molar refractivity (Wildman–Crippen MR) is 96.7 cm³/mol. The Labute approximate surface area is 142 Å². The Morgan fingerprint density at radius 1 is 1.17 bits per heavy atom. The largest absolute Gasteiger partial charge is 0.297 e. The molecule has 0 N–H and O–H groups in total. The molecule has 0 amide bonds. The number of nitrogens with zero attached hydrogens (tertiary/aromatic N) is 1. The van der Waals surface area contributed by atoms with E-state index in [1.807, 2.05) is 6.07 Å². The van der Waals surface area contributed by atoms with Gasteiger partial charge in [0, 0.05) is 10.9 Å². The van der Waals surface area contributed by atoms with E-state index >= 15 is 0 Å². The van der Waals surface area contributed by atoms with E-state index in [1.54, 1.807) is 13.0 Å². The van der Waals surface area contributed by atoms with Gasteiger partial charge < -0.3 is 0 Å². The molecule has 0 unspecified atom stereocenters. The molecule has 2 heterocycles. The van der Waals surface area contributed by atoms with Gasteiger partial charge in [0.2, 0.25) is 0 Å². The maximum absolute atomic E-state index is 12.0. The van der Waals surface area contributed by atoms with Gasteiger partial charge >= 0.3 is 0 Å². The first-order valence-electron chi connectivity index (χ1n) is 8.18. The molecular weight excluding hydrogens is 326 g/mol. The summed E-state index contributed by atoms with van der Waals surface area (Å²) in [6, 6.07) is 12.6. The van der Waals surface area contributed by atoms with Crippen molar-refractivity contribution in [1.29, 1.82) is 0 Å². The van der Waals surface area contributed by atoms with Crippen LogP contribution < -0.4 is 0 Å². The highest BCUT2D eigenvalue weighted by Crippen LogP contribution is 2.33. The van der Waals surface area contributed by atoms with E-state index in [4.69, 9.17) is 0 Å². The lowest BCUT2D eigenvalue weighted by Crippen LogP contribution is -2.23. The molecule has 1 aromatic heterocycles. The number of likely N-dealkylation sites (tertiary alicyclic amines) is 1. The number of hydrogen-bond donors (Lipinski definition) is 0. The molecule has 1 atom stereocenters. The van der Waals surface area contributed by atoms with Crippen LogP contribution in [0.1, 0.15) is 38.3 Å². The summed E-state index contributed by atoms with van der Waals surface area (Å²) in [5, 5.41) is 0. The lowest BCUT2D eigenvalue weighted by atomic mass is 10.0. The number of benzene rings is 1. The zero-order valence-corrected chi connectivity index (χ0v) is 15.3. The second kappa shape index (κ2) is 6.75. The van der Waals surface area contributed by atoms with E-state index in [2.05, 4.69) is 36.1 Å². The fourth-order valence-electron chi connectivity index (χ4n) is 3.08. The third kappa shape index (κ3) is 3.52. The van der Waals surface area contributed by atoms with Crippen molar-refractivity contribution in [1.82, 2.24) is 4.90 Å². The normalized spacial score (nSPS) is 17.5. The second-order valence-electron chi connectivity index (χ2n) is 6.07. The number of sulfone groups is 1. The topological polar surface area (TPSA) is 37.4 Å². The molecular formula is C18H23NO2S2. The molecule has 23 heavy (non-hydrogen) atoms. The average molecular weight is 350 g/mol. The molecule has 1 saturated heterocycles. The highest BCUT2D eigenvalue weighted by Gasteiger charge is 2.20. The maximum atomic E-state index is 12.0. The summed E-state index contributed by atoms with van der Waals surface area (Å²) in [7, 11) is -3.11. The van der Waals surface area contributed by atoms with E-state index in [9.17, 15) is 8.42 Å². The Kier molecular flexibility index (Phi) is 4.90. The van der Waals surface area contributed by atoms with E-state index in [-0.39, 0.29) is 5.75 Å². The summed E-state index contributed by atoms with van der Waals surface area (Å²) in [6.45, 7) is 6.28.